The molecule has 3 rings (SSSR count). The van der Waals surface area contributed by atoms with Crippen LogP contribution in [0, 0.1) is 0 Å². The van der Waals surface area contributed by atoms with Crippen LogP contribution < -0.4 is 10.6 Å². The lowest BCUT2D eigenvalue weighted by molar-refractivity contribution is -0.123. The summed E-state index contributed by atoms with van der Waals surface area (Å²) in [5.41, 5.74) is 0.923. The fourth-order valence-electron chi connectivity index (χ4n) is 2.61. The van der Waals surface area contributed by atoms with Crippen molar-refractivity contribution >= 4 is 23.2 Å². The second-order valence-corrected chi connectivity index (χ2v) is 6.87. The van der Waals surface area contributed by atoms with Crippen LogP contribution in [0.15, 0.2) is 60.2 Å². The summed E-state index contributed by atoms with van der Waals surface area (Å²) in [6.07, 6.45) is 3.53. The SMILES string of the molecule is C[C@H](NC(=O)c1cccs1)C(=O)N[C@@H](c1ccccc1)c1nccn1C. The number of rotatable bonds is 6. The van der Waals surface area contributed by atoms with Crippen LogP contribution in [0.1, 0.15) is 34.0 Å². The number of benzene rings is 1. The van der Waals surface area contributed by atoms with Crippen molar-refractivity contribution in [1.82, 2.24) is 20.2 Å². The fraction of sp³-hybridized carbons (Fsp3) is 0.211. The third-order valence-corrected chi connectivity index (χ3v) is 4.89. The minimum atomic E-state index is -0.670. The van der Waals surface area contributed by atoms with E-state index in [1.807, 2.05) is 53.5 Å². The van der Waals surface area contributed by atoms with Gasteiger partial charge in [-0.3, -0.25) is 9.59 Å². The maximum atomic E-state index is 12.7. The van der Waals surface area contributed by atoms with Crippen molar-refractivity contribution in [2.24, 2.45) is 7.05 Å². The van der Waals surface area contributed by atoms with Gasteiger partial charge in [0, 0.05) is 19.4 Å². The highest BCUT2D eigenvalue weighted by atomic mass is 32.1. The number of amides is 2. The van der Waals surface area contributed by atoms with Crippen LogP contribution in [0.4, 0.5) is 0 Å². The average Bonchev–Trinajstić information content (AvgIpc) is 3.32. The minimum Gasteiger partial charge on any atom is -0.340 e. The lowest BCUT2D eigenvalue weighted by Crippen LogP contribution is -2.46. The number of carbonyl (C=O) groups is 2. The number of thiophene rings is 1. The van der Waals surface area contributed by atoms with Crippen LogP contribution in [0.5, 0.6) is 0 Å². The molecule has 0 unspecified atom stereocenters. The van der Waals surface area contributed by atoms with Crippen molar-refractivity contribution in [3.8, 4) is 0 Å². The van der Waals surface area contributed by atoms with E-state index >= 15 is 0 Å². The van der Waals surface area contributed by atoms with Gasteiger partial charge in [0.05, 0.1) is 4.88 Å². The molecule has 0 saturated carbocycles. The Labute approximate surface area is 155 Å². The molecule has 26 heavy (non-hydrogen) atoms. The van der Waals surface area contributed by atoms with Crippen LogP contribution in [-0.4, -0.2) is 27.4 Å². The van der Waals surface area contributed by atoms with Crippen molar-refractivity contribution < 1.29 is 9.59 Å². The highest BCUT2D eigenvalue weighted by molar-refractivity contribution is 7.12. The Bertz CT molecular complexity index is 874. The molecule has 0 spiro atoms. The molecule has 0 aliphatic carbocycles. The fourth-order valence-corrected chi connectivity index (χ4v) is 3.23. The van der Waals surface area contributed by atoms with E-state index in [2.05, 4.69) is 15.6 Å². The Kier molecular flexibility index (Phi) is 5.48. The summed E-state index contributed by atoms with van der Waals surface area (Å²) in [5, 5.41) is 7.55. The van der Waals surface area contributed by atoms with Crippen molar-refractivity contribution in [2.75, 3.05) is 0 Å². The van der Waals surface area contributed by atoms with Gasteiger partial charge in [-0.05, 0) is 23.9 Å². The molecule has 0 aliphatic rings. The predicted molar refractivity (Wildman–Crippen MR) is 101 cm³/mol. The second-order valence-electron chi connectivity index (χ2n) is 5.92. The Hall–Kier alpha value is -2.93. The van der Waals surface area contributed by atoms with Crippen LogP contribution in [-0.2, 0) is 11.8 Å². The molecule has 0 bridgehead atoms. The molecular weight excluding hydrogens is 348 g/mol. The quantitative estimate of drug-likeness (QED) is 0.702. The number of carbonyl (C=O) groups excluding carboxylic acids is 2. The van der Waals surface area contributed by atoms with E-state index in [4.69, 9.17) is 0 Å². The Balaban J connectivity index is 1.75. The summed E-state index contributed by atoms with van der Waals surface area (Å²) in [6, 6.07) is 12.1. The molecule has 134 valence electrons. The van der Waals surface area contributed by atoms with Gasteiger partial charge < -0.3 is 15.2 Å². The highest BCUT2D eigenvalue weighted by Crippen LogP contribution is 2.20. The molecule has 2 atom stereocenters. The topological polar surface area (TPSA) is 76.0 Å². The zero-order chi connectivity index (χ0) is 18.5. The number of hydrogen-bond donors (Lipinski definition) is 2. The third kappa shape index (κ3) is 4.00. The molecule has 0 fully saturated rings. The van der Waals surface area contributed by atoms with Gasteiger partial charge in [0.1, 0.15) is 17.9 Å². The zero-order valence-electron chi connectivity index (χ0n) is 14.5. The summed E-state index contributed by atoms with van der Waals surface area (Å²) in [7, 11) is 1.88. The molecule has 2 amide bonds. The molecule has 6 nitrogen and oxygen atoms in total. The van der Waals surface area contributed by atoms with Crippen LogP contribution in [0.25, 0.3) is 0 Å². The maximum absolute atomic E-state index is 12.7. The van der Waals surface area contributed by atoms with Gasteiger partial charge in [-0.2, -0.15) is 0 Å². The second kappa shape index (κ2) is 7.97. The first-order chi connectivity index (χ1) is 12.6. The van der Waals surface area contributed by atoms with E-state index in [1.165, 1.54) is 11.3 Å². The summed E-state index contributed by atoms with van der Waals surface area (Å²) >= 11 is 1.34. The van der Waals surface area contributed by atoms with Gasteiger partial charge in [-0.1, -0.05) is 36.4 Å². The molecule has 0 aliphatic heterocycles. The van der Waals surface area contributed by atoms with E-state index in [-0.39, 0.29) is 11.8 Å². The van der Waals surface area contributed by atoms with Crippen LogP contribution >= 0.6 is 11.3 Å². The van der Waals surface area contributed by atoms with Crippen molar-refractivity contribution in [1.29, 1.82) is 0 Å². The zero-order valence-corrected chi connectivity index (χ0v) is 15.4. The maximum Gasteiger partial charge on any atom is 0.261 e. The smallest absolute Gasteiger partial charge is 0.261 e. The van der Waals surface area contributed by atoms with Gasteiger partial charge in [-0.25, -0.2) is 4.98 Å². The molecule has 0 saturated heterocycles. The lowest BCUT2D eigenvalue weighted by atomic mass is 10.1. The molecule has 0 radical (unpaired) electrons. The first-order valence-electron chi connectivity index (χ1n) is 8.23. The Morgan fingerprint density at radius 2 is 1.88 bits per heavy atom. The number of aromatic nitrogens is 2. The van der Waals surface area contributed by atoms with Crippen LogP contribution in [0.3, 0.4) is 0 Å². The van der Waals surface area contributed by atoms with E-state index in [0.717, 1.165) is 11.4 Å². The number of nitrogens with one attached hydrogen (secondary N) is 2. The molecule has 2 heterocycles. The minimum absolute atomic E-state index is 0.254. The van der Waals surface area contributed by atoms with Gasteiger partial charge in [0.15, 0.2) is 0 Å². The number of nitrogens with zero attached hydrogens (tertiary/aromatic N) is 2. The van der Waals surface area contributed by atoms with E-state index in [9.17, 15) is 9.59 Å². The molecule has 2 aromatic heterocycles. The highest BCUT2D eigenvalue weighted by Gasteiger charge is 2.24. The molecular formula is C19H20N4O2S. The molecule has 3 aromatic rings. The standard InChI is InChI=1S/C19H20N4O2S/c1-13(21-19(25)15-9-6-12-26-15)18(24)22-16(14-7-4-3-5-8-14)17-20-10-11-23(17)2/h3-13,16H,1-2H3,(H,21,25)(H,22,24)/t13-,16-/m0/s1. The third-order valence-electron chi connectivity index (χ3n) is 4.02. The summed E-state index contributed by atoms with van der Waals surface area (Å²) in [6.45, 7) is 1.67. The van der Waals surface area contributed by atoms with Gasteiger partial charge in [0.2, 0.25) is 5.91 Å². The normalized spacial score (nSPS) is 13.0. The van der Waals surface area contributed by atoms with E-state index < -0.39 is 12.1 Å². The first kappa shape index (κ1) is 17.9. The largest absolute Gasteiger partial charge is 0.340 e. The molecule has 2 N–H and O–H groups in total. The van der Waals surface area contributed by atoms with Crippen molar-refractivity contribution in [3.05, 3.63) is 76.5 Å². The van der Waals surface area contributed by atoms with Crippen LogP contribution in [0.2, 0.25) is 0 Å². The van der Waals surface area contributed by atoms with E-state index in [0.29, 0.717) is 4.88 Å². The lowest BCUT2D eigenvalue weighted by Gasteiger charge is -2.22. The van der Waals surface area contributed by atoms with Gasteiger partial charge >= 0.3 is 0 Å². The number of hydrogen-bond acceptors (Lipinski definition) is 4. The van der Waals surface area contributed by atoms with E-state index in [1.54, 1.807) is 25.3 Å². The monoisotopic (exact) mass is 368 g/mol. The average molecular weight is 368 g/mol. The predicted octanol–water partition coefficient (Wildman–Crippen LogP) is 2.51. The summed E-state index contributed by atoms with van der Waals surface area (Å²) in [4.78, 5) is 29.8. The van der Waals surface area contributed by atoms with Crippen molar-refractivity contribution in [3.63, 3.8) is 0 Å². The summed E-state index contributed by atoms with van der Waals surface area (Å²) < 4.78 is 1.87. The Morgan fingerprint density at radius 3 is 2.50 bits per heavy atom. The van der Waals surface area contributed by atoms with Gasteiger partial charge in [-0.15, -0.1) is 11.3 Å². The van der Waals surface area contributed by atoms with Crippen molar-refractivity contribution in [2.45, 2.75) is 19.0 Å². The Morgan fingerprint density at radius 1 is 1.12 bits per heavy atom. The summed E-state index contributed by atoms with van der Waals surface area (Å²) in [5.74, 6) is 0.198. The number of aryl methyl sites for hydroxylation is 1. The first-order valence-corrected chi connectivity index (χ1v) is 9.11. The molecule has 1 aromatic carbocycles. The number of imidazole rings is 1. The van der Waals surface area contributed by atoms with Gasteiger partial charge in [0.25, 0.3) is 5.91 Å². The molecule has 7 heteroatoms.